The molecule has 45 heavy (non-hydrogen) atoms. The molecule has 5 aromatic heterocycles. The van der Waals surface area contributed by atoms with Crippen LogP contribution in [-0.4, -0.2) is 97.0 Å². The van der Waals surface area contributed by atoms with Gasteiger partial charge in [0.2, 0.25) is 0 Å². The number of fused-ring (bicyclic) bond motifs is 6. The zero-order chi connectivity index (χ0) is 31.1. The molecule has 238 valence electrons. The number of aromatic nitrogens is 9. The fraction of sp³-hybridized carbons (Fsp3) is 0.455. The van der Waals surface area contributed by atoms with E-state index >= 15 is 4.39 Å². The lowest BCUT2D eigenvalue weighted by atomic mass is 10.1. The Morgan fingerprint density at radius 2 is 1.56 bits per heavy atom. The Morgan fingerprint density at radius 1 is 0.822 bits per heavy atom. The molecular weight excluding hydrogens is 645 g/mol. The van der Waals surface area contributed by atoms with Gasteiger partial charge < -0.3 is 25.0 Å². The van der Waals surface area contributed by atoms with Crippen molar-refractivity contribution in [1.82, 2.24) is 43.4 Å². The Labute approximate surface area is 250 Å². The van der Waals surface area contributed by atoms with E-state index in [1.807, 2.05) is 0 Å². The van der Waals surface area contributed by atoms with Gasteiger partial charge in [0.1, 0.15) is 48.8 Å². The highest BCUT2D eigenvalue weighted by Crippen LogP contribution is 2.54. The number of nitrogens with zero attached hydrogens (tertiary/aromatic N) is 9. The van der Waals surface area contributed by atoms with Crippen molar-refractivity contribution in [3.8, 4) is 0 Å². The first-order chi connectivity index (χ1) is 21.6. The van der Waals surface area contributed by atoms with Gasteiger partial charge in [-0.15, -0.1) is 0 Å². The number of hydrogen-bond acceptors (Lipinski definition) is 15. The van der Waals surface area contributed by atoms with Crippen molar-refractivity contribution < 1.29 is 50.9 Å². The van der Waals surface area contributed by atoms with Crippen LogP contribution >= 0.6 is 15.6 Å². The summed E-state index contributed by atoms with van der Waals surface area (Å²) in [5, 5.41) is 0. The van der Waals surface area contributed by atoms with E-state index in [1.54, 1.807) is 21.4 Å². The number of phosphoric acid groups is 2. The summed E-state index contributed by atoms with van der Waals surface area (Å²) in [4.78, 5) is 46.2. The molecule has 3 aliphatic rings. The van der Waals surface area contributed by atoms with Crippen LogP contribution in [0.3, 0.4) is 0 Å². The Balaban J connectivity index is 1.06. The van der Waals surface area contributed by atoms with Gasteiger partial charge in [-0.2, -0.15) is 0 Å². The molecule has 4 N–H and O–H groups in total. The molecule has 0 aromatic carbocycles. The van der Waals surface area contributed by atoms with Crippen LogP contribution in [-0.2, 0) is 36.7 Å². The third kappa shape index (κ3) is 5.01. The van der Waals surface area contributed by atoms with E-state index < -0.39 is 71.9 Å². The number of anilines is 1. The summed E-state index contributed by atoms with van der Waals surface area (Å²) in [5.74, 6) is 0.0349. The topological polar surface area (TPSA) is 248 Å². The van der Waals surface area contributed by atoms with Crippen LogP contribution in [0.2, 0.25) is 0 Å². The molecule has 8 rings (SSSR count). The summed E-state index contributed by atoms with van der Waals surface area (Å²) in [6.45, 7) is -1.41. The number of ether oxygens (including phenoxy) is 2. The predicted molar refractivity (Wildman–Crippen MR) is 145 cm³/mol. The second-order valence-electron chi connectivity index (χ2n) is 10.4. The highest BCUT2D eigenvalue weighted by Gasteiger charge is 2.53. The highest BCUT2D eigenvalue weighted by atomic mass is 31.2. The number of halogens is 1. The molecule has 3 fully saturated rings. The second-order valence-corrected chi connectivity index (χ2v) is 13.2. The highest BCUT2D eigenvalue weighted by molar-refractivity contribution is 7.47. The number of hydrogen-bond donors (Lipinski definition) is 3. The predicted octanol–water partition coefficient (Wildman–Crippen LogP) is 1.04. The second kappa shape index (κ2) is 10.5. The maximum absolute atomic E-state index is 15.9. The van der Waals surface area contributed by atoms with Crippen molar-refractivity contribution in [2.45, 2.75) is 49.5 Å². The quantitative estimate of drug-likeness (QED) is 0.222. The van der Waals surface area contributed by atoms with Gasteiger partial charge >= 0.3 is 15.6 Å². The first-order valence-corrected chi connectivity index (χ1v) is 16.4. The van der Waals surface area contributed by atoms with Gasteiger partial charge in [-0.1, -0.05) is 0 Å². The van der Waals surface area contributed by atoms with E-state index in [4.69, 9.17) is 33.3 Å². The van der Waals surface area contributed by atoms with Crippen LogP contribution in [0.1, 0.15) is 18.9 Å². The fourth-order valence-electron chi connectivity index (χ4n) is 5.64. The number of rotatable bonds is 2. The Morgan fingerprint density at radius 3 is 2.40 bits per heavy atom. The average molecular weight is 668 g/mol. The fourth-order valence-corrected chi connectivity index (χ4v) is 7.56. The molecule has 0 saturated carbocycles. The minimum absolute atomic E-state index is 0.0266. The van der Waals surface area contributed by atoms with Crippen LogP contribution in [0.25, 0.3) is 28.0 Å². The zero-order valence-corrected chi connectivity index (χ0v) is 24.5. The largest absolute Gasteiger partial charge is 0.472 e. The van der Waals surface area contributed by atoms with Gasteiger partial charge in [0, 0.05) is 18.8 Å². The standard InChI is InChI=1S/C22H23FN10O10P2/c23-14-17-12(41-22(14)33-9-28-15-18(24)26-6-27-20(15)33)5-39-44(34,35)42-10-3-13(40-11(10)4-38-45(36,37)43-17)32-8-29-16-19-25-1-2-31(19)7-30-21(16)32/h1-2,6-14,17,22H,3-5H2,(H,34,35)(H,36,37)(H2,24,26,27)/t10-,11+,12+,13+,14+,17+,22+/m0/s1. The third-order valence-electron chi connectivity index (χ3n) is 7.70. The molecule has 3 saturated heterocycles. The molecule has 23 heteroatoms. The summed E-state index contributed by atoms with van der Waals surface area (Å²) in [6, 6.07) is 0. The molecule has 3 aliphatic heterocycles. The molecular formula is C22H23FN10O10P2. The minimum Gasteiger partial charge on any atom is -0.382 e. The van der Waals surface area contributed by atoms with E-state index in [9.17, 15) is 18.9 Å². The molecule has 9 atom stereocenters. The molecule has 0 radical (unpaired) electrons. The zero-order valence-electron chi connectivity index (χ0n) is 22.7. The summed E-state index contributed by atoms with van der Waals surface area (Å²) < 4.78 is 79.3. The lowest BCUT2D eigenvalue weighted by Crippen LogP contribution is -2.35. The van der Waals surface area contributed by atoms with Gasteiger partial charge in [-0.3, -0.25) is 31.6 Å². The van der Waals surface area contributed by atoms with Crippen molar-refractivity contribution in [2.75, 3.05) is 18.9 Å². The molecule has 20 nitrogen and oxygen atoms in total. The van der Waals surface area contributed by atoms with Gasteiger partial charge in [0.25, 0.3) is 0 Å². The van der Waals surface area contributed by atoms with Crippen LogP contribution < -0.4 is 5.73 Å². The van der Waals surface area contributed by atoms with Crippen molar-refractivity contribution in [3.63, 3.8) is 0 Å². The van der Waals surface area contributed by atoms with E-state index in [1.165, 1.54) is 23.5 Å². The number of phosphoric ester groups is 2. The van der Waals surface area contributed by atoms with E-state index in [0.717, 1.165) is 6.33 Å². The Kier molecular flexibility index (Phi) is 6.77. The van der Waals surface area contributed by atoms with Gasteiger partial charge in [0.15, 0.2) is 40.7 Å². The molecule has 0 spiro atoms. The average Bonchev–Trinajstić information content (AvgIpc) is 3.81. The van der Waals surface area contributed by atoms with E-state index in [2.05, 4.69) is 29.9 Å². The SMILES string of the molecule is Nc1ncnc2c1ncn2[C@@H]1O[C@@H]2COP(=O)(O)O[C@H]3C[C@H](n4cnc5c4ncn4ccnc54)O[C@@H]3COP(=O)(O)O[C@H]2[C@H]1F. The summed E-state index contributed by atoms with van der Waals surface area (Å²) in [6.07, 6.45) is -1.45. The van der Waals surface area contributed by atoms with Crippen LogP contribution in [0.15, 0.2) is 37.7 Å². The van der Waals surface area contributed by atoms with Gasteiger partial charge in [0.05, 0.1) is 25.9 Å². The summed E-state index contributed by atoms with van der Waals surface area (Å²) in [5.41, 5.74) is 7.53. The molecule has 5 aromatic rings. The molecule has 0 bridgehead atoms. The third-order valence-corrected chi connectivity index (χ3v) is 9.70. The van der Waals surface area contributed by atoms with Crippen molar-refractivity contribution in [2.24, 2.45) is 0 Å². The Bertz CT molecular complexity index is 2020. The van der Waals surface area contributed by atoms with E-state index in [0.29, 0.717) is 16.8 Å². The van der Waals surface area contributed by atoms with Gasteiger partial charge in [-0.25, -0.2) is 43.4 Å². The molecule has 0 amide bonds. The van der Waals surface area contributed by atoms with Gasteiger partial charge in [-0.05, 0) is 0 Å². The molecule has 0 aliphatic carbocycles. The lowest BCUT2D eigenvalue weighted by molar-refractivity contribution is -0.0661. The number of nitrogen functional groups attached to an aromatic ring is 1. The molecule has 2 unspecified atom stereocenters. The van der Waals surface area contributed by atoms with E-state index in [-0.39, 0.29) is 23.4 Å². The molecule has 8 heterocycles. The number of imidazole rings is 3. The lowest BCUT2D eigenvalue weighted by Gasteiger charge is -2.27. The first kappa shape index (κ1) is 28.9. The summed E-state index contributed by atoms with van der Waals surface area (Å²) >= 11 is 0. The van der Waals surface area contributed by atoms with Crippen LogP contribution in [0.5, 0.6) is 0 Å². The van der Waals surface area contributed by atoms with Crippen LogP contribution in [0.4, 0.5) is 10.2 Å². The van der Waals surface area contributed by atoms with Crippen molar-refractivity contribution in [1.29, 1.82) is 0 Å². The smallest absolute Gasteiger partial charge is 0.382 e. The van der Waals surface area contributed by atoms with Crippen LogP contribution in [0, 0.1) is 0 Å². The maximum Gasteiger partial charge on any atom is 0.472 e. The normalized spacial score (nSPS) is 36.2. The minimum atomic E-state index is -4.98. The number of alkyl halides is 1. The first-order valence-electron chi connectivity index (χ1n) is 13.4. The monoisotopic (exact) mass is 668 g/mol. The summed E-state index contributed by atoms with van der Waals surface area (Å²) in [7, 11) is -9.83. The van der Waals surface area contributed by atoms with Crippen molar-refractivity contribution >= 4 is 49.4 Å². The Hall–Kier alpha value is -3.49. The van der Waals surface area contributed by atoms with Crippen molar-refractivity contribution in [3.05, 3.63) is 37.7 Å². The maximum atomic E-state index is 15.9. The number of nitrogens with two attached hydrogens (primary N) is 1.